The Labute approximate surface area is 152 Å². The summed E-state index contributed by atoms with van der Waals surface area (Å²) < 4.78 is 1.68. The van der Waals surface area contributed by atoms with Crippen molar-refractivity contribution < 1.29 is 0 Å². The number of aromatic nitrogens is 4. The van der Waals surface area contributed by atoms with Gasteiger partial charge in [0.1, 0.15) is 5.39 Å². The molecule has 0 saturated carbocycles. The molecule has 1 N–H and O–H groups in total. The Hall–Kier alpha value is -2.57. The molecule has 0 radical (unpaired) electrons. The van der Waals surface area contributed by atoms with Gasteiger partial charge in [-0.25, -0.2) is 9.67 Å². The summed E-state index contributed by atoms with van der Waals surface area (Å²) in [5.41, 5.74) is 2.33. The van der Waals surface area contributed by atoms with Gasteiger partial charge in [-0.3, -0.25) is 4.79 Å². The molecule has 0 atom stereocenters. The maximum absolute atomic E-state index is 12.3. The number of rotatable bonds is 4. The van der Waals surface area contributed by atoms with Crippen molar-refractivity contribution in [2.24, 2.45) is 0 Å². The molecule has 0 aliphatic carbocycles. The highest BCUT2D eigenvalue weighted by atomic mass is 35.5. The fraction of sp³-hybridized carbons (Fsp3) is 0.0556. The van der Waals surface area contributed by atoms with Gasteiger partial charge in [-0.15, -0.1) is 0 Å². The van der Waals surface area contributed by atoms with E-state index in [1.54, 1.807) is 10.9 Å². The molecule has 4 aromatic rings. The number of hydrogen-bond donors (Lipinski definition) is 1. The summed E-state index contributed by atoms with van der Waals surface area (Å²) >= 11 is 7.37. The predicted octanol–water partition coefficient (Wildman–Crippen LogP) is 4.05. The summed E-state index contributed by atoms with van der Waals surface area (Å²) in [4.78, 5) is 19.7. The second kappa shape index (κ2) is 6.74. The van der Waals surface area contributed by atoms with Gasteiger partial charge in [0, 0.05) is 10.8 Å². The summed E-state index contributed by atoms with van der Waals surface area (Å²) in [6, 6.07) is 17.2. The van der Waals surface area contributed by atoms with Gasteiger partial charge < -0.3 is 4.98 Å². The Morgan fingerprint density at radius 3 is 2.60 bits per heavy atom. The number of thioether (sulfide) groups is 1. The smallest absolute Gasteiger partial charge is 0.262 e. The van der Waals surface area contributed by atoms with Crippen molar-refractivity contribution in [3.63, 3.8) is 0 Å². The van der Waals surface area contributed by atoms with Gasteiger partial charge in [0.25, 0.3) is 5.56 Å². The van der Waals surface area contributed by atoms with Crippen LogP contribution in [0.25, 0.3) is 16.7 Å². The van der Waals surface area contributed by atoms with Gasteiger partial charge >= 0.3 is 0 Å². The van der Waals surface area contributed by atoms with Gasteiger partial charge in [0.05, 0.1) is 11.9 Å². The summed E-state index contributed by atoms with van der Waals surface area (Å²) in [5.74, 6) is 0.686. The number of nitrogens with zero attached hydrogens (tertiary/aromatic N) is 3. The van der Waals surface area contributed by atoms with Crippen molar-refractivity contribution in [1.29, 1.82) is 0 Å². The summed E-state index contributed by atoms with van der Waals surface area (Å²) in [5, 5.41) is 6.04. The van der Waals surface area contributed by atoms with Crippen LogP contribution in [0.3, 0.4) is 0 Å². The van der Waals surface area contributed by atoms with Gasteiger partial charge in [0.15, 0.2) is 10.8 Å². The number of benzene rings is 2. The Bertz CT molecular complexity index is 1070. The van der Waals surface area contributed by atoms with E-state index in [1.807, 2.05) is 54.6 Å². The Kier molecular flexibility index (Phi) is 4.29. The normalized spacial score (nSPS) is 11.1. The number of nitrogens with one attached hydrogen (secondary N) is 1. The minimum absolute atomic E-state index is 0.189. The highest BCUT2D eigenvalue weighted by molar-refractivity contribution is 7.98. The zero-order chi connectivity index (χ0) is 17.2. The van der Waals surface area contributed by atoms with E-state index >= 15 is 0 Å². The molecule has 124 valence electrons. The molecule has 2 heterocycles. The third-order valence-corrected chi connectivity index (χ3v) is 4.90. The van der Waals surface area contributed by atoms with Crippen LogP contribution in [0.5, 0.6) is 0 Å². The van der Waals surface area contributed by atoms with E-state index in [2.05, 4.69) is 15.1 Å². The van der Waals surface area contributed by atoms with E-state index in [9.17, 15) is 4.79 Å². The first kappa shape index (κ1) is 15.9. The van der Waals surface area contributed by atoms with Crippen molar-refractivity contribution in [3.05, 3.63) is 81.7 Å². The third-order valence-electron chi connectivity index (χ3n) is 3.71. The number of fused-ring (bicyclic) bond motifs is 1. The van der Waals surface area contributed by atoms with Gasteiger partial charge in [-0.1, -0.05) is 53.7 Å². The van der Waals surface area contributed by atoms with Crippen LogP contribution < -0.4 is 5.56 Å². The lowest BCUT2D eigenvalue weighted by Gasteiger charge is -2.04. The highest BCUT2D eigenvalue weighted by Gasteiger charge is 2.11. The van der Waals surface area contributed by atoms with E-state index in [1.165, 1.54) is 11.8 Å². The molecule has 0 saturated heterocycles. The predicted molar refractivity (Wildman–Crippen MR) is 100 cm³/mol. The zero-order valence-corrected chi connectivity index (χ0v) is 14.6. The van der Waals surface area contributed by atoms with Gasteiger partial charge in [0.2, 0.25) is 0 Å². The molecule has 25 heavy (non-hydrogen) atoms. The van der Waals surface area contributed by atoms with Crippen molar-refractivity contribution in [1.82, 2.24) is 19.7 Å². The van der Waals surface area contributed by atoms with Gasteiger partial charge in [-0.2, -0.15) is 5.10 Å². The van der Waals surface area contributed by atoms with Crippen LogP contribution in [-0.4, -0.2) is 19.7 Å². The minimum atomic E-state index is -0.189. The van der Waals surface area contributed by atoms with Crippen LogP contribution in [-0.2, 0) is 5.75 Å². The Balaban J connectivity index is 1.68. The lowest BCUT2D eigenvalue weighted by atomic mass is 10.2. The lowest BCUT2D eigenvalue weighted by molar-refractivity contribution is 0.873. The van der Waals surface area contributed by atoms with E-state index in [0.717, 1.165) is 11.3 Å². The molecular weight excluding hydrogens is 356 g/mol. The van der Waals surface area contributed by atoms with Crippen LogP contribution >= 0.6 is 23.4 Å². The van der Waals surface area contributed by atoms with E-state index in [0.29, 0.717) is 27.0 Å². The summed E-state index contributed by atoms with van der Waals surface area (Å²) in [6.45, 7) is 0. The van der Waals surface area contributed by atoms with Crippen molar-refractivity contribution in [3.8, 4) is 5.69 Å². The first-order valence-electron chi connectivity index (χ1n) is 7.61. The molecule has 7 heteroatoms. The van der Waals surface area contributed by atoms with Crippen LogP contribution in [0, 0.1) is 0 Å². The number of H-pyrrole nitrogens is 1. The van der Waals surface area contributed by atoms with E-state index in [4.69, 9.17) is 11.6 Å². The van der Waals surface area contributed by atoms with Crippen LogP contribution in [0.2, 0.25) is 5.02 Å². The van der Waals surface area contributed by atoms with Crippen molar-refractivity contribution in [2.75, 3.05) is 0 Å². The molecule has 0 aliphatic heterocycles. The van der Waals surface area contributed by atoms with Gasteiger partial charge in [-0.05, 0) is 29.8 Å². The van der Waals surface area contributed by atoms with Crippen LogP contribution in [0.15, 0.2) is 70.7 Å². The fourth-order valence-corrected chi connectivity index (χ4v) is 3.39. The molecule has 2 aromatic carbocycles. The molecule has 0 fully saturated rings. The fourth-order valence-electron chi connectivity index (χ4n) is 2.46. The standard InChI is InChI=1S/C18H13ClN4OS/c19-13-8-6-12(7-9-13)11-25-18-21-16-15(17(24)22-18)10-20-23(16)14-4-2-1-3-5-14/h1-10H,11H2,(H,21,22,24). The number of halogens is 1. The molecule has 0 amide bonds. The second-order valence-electron chi connectivity index (χ2n) is 5.42. The largest absolute Gasteiger partial charge is 0.301 e. The monoisotopic (exact) mass is 368 g/mol. The maximum Gasteiger partial charge on any atom is 0.262 e. The molecular formula is C18H13ClN4OS. The topological polar surface area (TPSA) is 63.6 Å². The molecule has 0 spiro atoms. The molecule has 0 aliphatic rings. The first-order valence-corrected chi connectivity index (χ1v) is 8.98. The first-order chi connectivity index (χ1) is 12.2. The number of para-hydroxylation sites is 1. The van der Waals surface area contributed by atoms with Crippen LogP contribution in [0.4, 0.5) is 0 Å². The average molecular weight is 369 g/mol. The lowest BCUT2D eigenvalue weighted by Crippen LogP contribution is -2.09. The quantitative estimate of drug-likeness (QED) is 0.436. The summed E-state index contributed by atoms with van der Waals surface area (Å²) in [7, 11) is 0. The van der Waals surface area contributed by atoms with Crippen molar-refractivity contribution >= 4 is 34.4 Å². The van der Waals surface area contributed by atoms with Crippen LogP contribution in [0.1, 0.15) is 5.56 Å². The second-order valence-corrected chi connectivity index (χ2v) is 6.82. The molecule has 4 rings (SSSR count). The zero-order valence-electron chi connectivity index (χ0n) is 13.0. The Morgan fingerprint density at radius 2 is 1.84 bits per heavy atom. The summed E-state index contributed by atoms with van der Waals surface area (Å²) in [6.07, 6.45) is 1.54. The number of aromatic amines is 1. The highest BCUT2D eigenvalue weighted by Crippen LogP contribution is 2.22. The van der Waals surface area contributed by atoms with E-state index in [-0.39, 0.29) is 5.56 Å². The SMILES string of the molecule is O=c1[nH]c(SCc2ccc(Cl)cc2)nc2c1cnn2-c1ccccc1. The molecule has 5 nitrogen and oxygen atoms in total. The molecule has 0 unspecified atom stereocenters. The minimum Gasteiger partial charge on any atom is -0.301 e. The average Bonchev–Trinajstić information content (AvgIpc) is 3.06. The number of hydrogen-bond acceptors (Lipinski definition) is 4. The van der Waals surface area contributed by atoms with E-state index < -0.39 is 0 Å². The molecule has 2 aromatic heterocycles. The maximum atomic E-state index is 12.3. The molecule has 0 bridgehead atoms. The van der Waals surface area contributed by atoms with Crippen molar-refractivity contribution in [2.45, 2.75) is 10.9 Å². The Morgan fingerprint density at radius 1 is 1.08 bits per heavy atom. The third kappa shape index (κ3) is 3.31.